The van der Waals surface area contributed by atoms with Crippen molar-refractivity contribution in [3.05, 3.63) is 93.3 Å². The number of halogens is 1. The lowest BCUT2D eigenvalue weighted by Gasteiger charge is -2.35. The molecule has 0 spiro atoms. The van der Waals surface area contributed by atoms with Crippen LogP contribution in [0.4, 0.5) is 4.39 Å². The summed E-state index contributed by atoms with van der Waals surface area (Å²) in [4.78, 5) is 16.9. The maximum Gasteiger partial charge on any atom is 0.253 e. The number of amides is 1. The van der Waals surface area contributed by atoms with Crippen LogP contribution in [-0.2, 0) is 26.6 Å². The molecule has 0 radical (unpaired) electrons. The first-order chi connectivity index (χ1) is 21.2. The van der Waals surface area contributed by atoms with Gasteiger partial charge in [-0.2, -0.15) is 8.61 Å². The lowest BCUT2D eigenvalue weighted by atomic mass is 9.95. The van der Waals surface area contributed by atoms with Crippen LogP contribution in [-0.4, -0.2) is 93.5 Å². The van der Waals surface area contributed by atoms with Gasteiger partial charge in [0.2, 0.25) is 20.0 Å². The van der Waals surface area contributed by atoms with Crippen LogP contribution in [0.1, 0.15) is 43.7 Å². The third-order valence-electron chi connectivity index (χ3n) is 9.43. The molecule has 1 amide bonds. The maximum absolute atomic E-state index is 15.0. The summed E-state index contributed by atoms with van der Waals surface area (Å²) in [5.41, 5.74) is 5.60. The van der Waals surface area contributed by atoms with Crippen LogP contribution >= 0.6 is 0 Å². The van der Waals surface area contributed by atoms with Gasteiger partial charge in [0.1, 0.15) is 10.7 Å². The summed E-state index contributed by atoms with van der Waals surface area (Å²) < 4.78 is 72.1. The highest BCUT2D eigenvalue weighted by Crippen LogP contribution is 2.32. The van der Waals surface area contributed by atoms with E-state index in [2.05, 4.69) is 4.90 Å². The number of benzene rings is 3. The molecule has 2 aliphatic heterocycles. The average molecular weight is 657 g/mol. The Balaban J connectivity index is 1.27. The molecular formula is C33H41FN4O5S2. The monoisotopic (exact) mass is 656 g/mol. The van der Waals surface area contributed by atoms with E-state index in [0.717, 1.165) is 45.5 Å². The highest BCUT2D eigenvalue weighted by molar-refractivity contribution is 7.89. The first-order valence-corrected chi connectivity index (χ1v) is 18.0. The lowest BCUT2D eigenvalue weighted by molar-refractivity contribution is 0.0697. The summed E-state index contributed by atoms with van der Waals surface area (Å²) >= 11 is 0. The second-order valence-electron chi connectivity index (χ2n) is 12.0. The van der Waals surface area contributed by atoms with Gasteiger partial charge in [-0.1, -0.05) is 30.3 Å². The molecule has 2 heterocycles. The van der Waals surface area contributed by atoms with Crippen molar-refractivity contribution in [3.8, 4) is 0 Å². The minimum Gasteiger partial charge on any atom is -0.336 e. The molecule has 0 N–H and O–H groups in total. The largest absolute Gasteiger partial charge is 0.336 e. The third-order valence-corrected chi connectivity index (χ3v) is 13.5. The van der Waals surface area contributed by atoms with Crippen molar-refractivity contribution >= 4 is 26.0 Å². The quantitative estimate of drug-likeness (QED) is 0.381. The van der Waals surface area contributed by atoms with Crippen molar-refractivity contribution in [2.45, 2.75) is 51.0 Å². The smallest absolute Gasteiger partial charge is 0.253 e. The van der Waals surface area contributed by atoms with Crippen LogP contribution in [0.2, 0.25) is 0 Å². The van der Waals surface area contributed by atoms with Gasteiger partial charge in [-0.3, -0.25) is 9.69 Å². The number of rotatable bonds is 7. The molecule has 2 aliphatic rings. The first-order valence-electron chi connectivity index (χ1n) is 15.2. The van der Waals surface area contributed by atoms with Gasteiger partial charge in [-0.05, 0) is 86.2 Å². The van der Waals surface area contributed by atoms with Gasteiger partial charge < -0.3 is 4.90 Å². The Labute approximate surface area is 266 Å². The molecule has 3 aromatic rings. The summed E-state index contributed by atoms with van der Waals surface area (Å²) in [7, 11) is -7.99. The van der Waals surface area contributed by atoms with E-state index in [0.29, 0.717) is 24.5 Å². The molecule has 2 saturated heterocycles. The number of hydrogen-bond acceptors (Lipinski definition) is 6. The van der Waals surface area contributed by atoms with E-state index >= 15 is 0 Å². The standard InChI is InChI=1S/C33H41FN4O5S2/c1-23-24(2)26(4)32(27(5)25(23)3)45(42,43)38-19-15-36(16-20-38)33(39)29-11-12-30(34)31(21-29)44(40,41)37-17-13-35(14-18-37)22-28-9-7-6-8-10-28/h6-12,21H,13-20,22H2,1-5H3. The zero-order valence-corrected chi connectivity index (χ0v) is 28.1. The summed E-state index contributed by atoms with van der Waals surface area (Å²) in [5, 5.41) is 0. The summed E-state index contributed by atoms with van der Waals surface area (Å²) in [5.74, 6) is -1.38. The summed E-state index contributed by atoms with van der Waals surface area (Å²) in [6.45, 7) is 12.1. The number of carbonyl (C=O) groups is 1. The number of carbonyl (C=O) groups excluding carboxylic acids is 1. The van der Waals surface area contributed by atoms with Crippen molar-refractivity contribution in [2.75, 3.05) is 52.4 Å². The molecule has 3 aromatic carbocycles. The van der Waals surface area contributed by atoms with E-state index < -0.39 is 36.7 Å². The van der Waals surface area contributed by atoms with Crippen molar-refractivity contribution in [2.24, 2.45) is 0 Å². The van der Waals surface area contributed by atoms with Gasteiger partial charge in [0.25, 0.3) is 5.91 Å². The Kier molecular flexibility index (Phi) is 9.53. The number of sulfonamides is 2. The number of hydrogen-bond donors (Lipinski definition) is 0. The predicted molar refractivity (Wildman–Crippen MR) is 172 cm³/mol. The Morgan fingerprint density at radius 2 is 1.18 bits per heavy atom. The molecule has 242 valence electrons. The lowest BCUT2D eigenvalue weighted by Crippen LogP contribution is -2.50. The molecule has 0 atom stereocenters. The predicted octanol–water partition coefficient (Wildman–Crippen LogP) is 4.02. The minimum atomic E-state index is -4.18. The van der Waals surface area contributed by atoms with Crippen LogP contribution in [0.5, 0.6) is 0 Å². The third kappa shape index (κ3) is 6.44. The van der Waals surface area contributed by atoms with Crippen LogP contribution < -0.4 is 0 Å². The van der Waals surface area contributed by atoms with Gasteiger partial charge in [0.15, 0.2) is 0 Å². The van der Waals surface area contributed by atoms with Crippen LogP contribution in [0.25, 0.3) is 0 Å². The van der Waals surface area contributed by atoms with E-state index in [1.165, 1.54) is 19.6 Å². The fourth-order valence-corrected chi connectivity index (χ4v) is 9.73. The highest BCUT2D eigenvalue weighted by Gasteiger charge is 2.35. The first kappa shape index (κ1) is 33.2. The second-order valence-corrected chi connectivity index (χ2v) is 15.7. The van der Waals surface area contributed by atoms with E-state index in [1.54, 1.807) is 0 Å². The van der Waals surface area contributed by atoms with Gasteiger partial charge in [-0.15, -0.1) is 0 Å². The molecular weight excluding hydrogens is 616 g/mol. The summed E-state index contributed by atoms with van der Waals surface area (Å²) in [6, 6.07) is 13.3. The Morgan fingerprint density at radius 3 is 1.76 bits per heavy atom. The number of piperazine rings is 2. The molecule has 0 aromatic heterocycles. The molecule has 0 aliphatic carbocycles. The van der Waals surface area contributed by atoms with Crippen molar-refractivity contribution in [1.82, 2.24) is 18.4 Å². The molecule has 45 heavy (non-hydrogen) atoms. The van der Waals surface area contributed by atoms with E-state index in [9.17, 15) is 26.0 Å². The Hall–Kier alpha value is -3.16. The summed E-state index contributed by atoms with van der Waals surface area (Å²) in [6.07, 6.45) is 0. The second kappa shape index (κ2) is 12.9. The van der Waals surface area contributed by atoms with Crippen LogP contribution in [0.15, 0.2) is 58.3 Å². The van der Waals surface area contributed by atoms with Gasteiger partial charge >= 0.3 is 0 Å². The molecule has 0 saturated carbocycles. The Morgan fingerprint density at radius 1 is 0.667 bits per heavy atom. The fraction of sp³-hybridized carbons (Fsp3) is 0.424. The minimum absolute atomic E-state index is 0.0467. The van der Waals surface area contributed by atoms with E-state index in [4.69, 9.17) is 0 Å². The number of nitrogens with zero attached hydrogens (tertiary/aromatic N) is 4. The van der Waals surface area contributed by atoms with Gasteiger partial charge in [0, 0.05) is 64.5 Å². The fourth-order valence-electron chi connectivity index (χ4n) is 6.24. The maximum atomic E-state index is 15.0. The molecule has 0 bridgehead atoms. The van der Waals surface area contributed by atoms with Gasteiger partial charge in [0.05, 0.1) is 4.90 Å². The highest BCUT2D eigenvalue weighted by atomic mass is 32.2. The van der Waals surface area contributed by atoms with Crippen molar-refractivity contribution in [1.29, 1.82) is 0 Å². The van der Waals surface area contributed by atoms with Gasteiger partial charge in [-0.25, -0.2) is 21.2 Å². The molecule has 9 nitrogen and oxygen atoms in total. The molecule has 2 fully saturated rings. The Bertz CT molecular complexity index is 1790. The zero-order valence-electron chi connectivity index (χ0n) is 26.5. The average Bonchev–Trinajstić information content (AvgIpc) is 3.03. The molecule has 12 heteroatoms. The van der Waals surface area contributed by atoms with E-state index in [-0.39, 0.29) is 44.8 Å². The molecule has 5 rings (SSSR count). The van der Waals surface area contributed by atoms with Crippen LogP contribution in [0.3, 0.4) is 0 Å². The van der Waals surface area contributed by atoms with Crippen molar-refractivity contribution in [3.63, 3.8) is 0 Å². The van der Waals surface area contributed by atoms with E-state index in [1.807, 2.05) is 65.0 Å². The SMILES string of the molecule is Cc1c(C)c(C)c(S(=O)(=O)N2CCN(C(=O)c3ccc(F)c(S(=O)(=O)N4CCN(Cc5ccccc5)CC4)c3)CC2)c(C)c1C. The van der Waals surface area contributed by atoms with Crippen molar-refractivity contribution < 1.29 is 26.0 Å². The topological polar surface area (TPSA) is 98.3 Å². The van der Waals surface area contributed by atoms with Crippen LogP contribution in [0, 0.1) is 40.4 Å². The normalized spacial score (nSPS) is 17.5. The zero-order chi connectivity index (χ0) is 32.7. The molecule has 0 unspecified atom stereocenters.